The zero-order valence-corrected chi connectivity index (χ0v) is 20.7. The molecule has 0 spiro atoms. The van der Waals surface area contributed by atoms with E-state index in [1.54, 1.807) is 6.34 Å². The second-order valence-corrected chi connectivity index (χ2v) is 9.71. The van der Waals surface area contributed by atoms with Crippen molar-refractivity contribution in [3.63, 3.8) is 0 Å². The third kappa shape index (κ3) is 4.26. The van der Waals surface area contributed by atoms with Gasteiger partial charge in [-0.15, -0.1) is 11.3 Å². The van der Waals surface area contributed by atoms with Gasteiger partial charge in [0.05, 0.1) is 12.0 Å². The third-order valence-electron chi connectivity index (χ3n) is 5.89. The summed E-state index contributed by atoms with van der Waals surface area (Å²) in [5, 5.41) is 1.69. The predicted octanol–water partition coefficient (Wildman–Crippen LogP) is 6.20. The Morgan fingerprint density at radius 3 is 2.50 bits per heavy atom. The maximum Gasteiger partial charge on any atom is 0.266 e. The van der Waals surface area contributed by atoms with Crippen molar-refractivity contribution in [2.45, 2.75) is 39.5 Å². The van der Waals surface area contributed by atoms with E-state index in [0.29, 0.717) is 23.0 Å². The van der Waals surface area contributed by atoms with Crippen molar-refractivity contribution in [2.75, 3.05) is 27.2 Å². The van der Waals surface area contributed by atoms with Crippen LogP contribution in [-0.2, 0) is 12.8 Å². The van der Waals surface area contributed by atoms with Crippen molar-refractivity contribution >= 4 is 51.1 Å². The molecule has 1 aliphatic rings. The van der Waals surface area contributed by atoms with E-state index in [1.807, 2.05) is 49.9 Å². The summed E-state index contributed by atoms with van der Waals surface area (Å²) in [7, 11) is 3.87. The number of nitrogens with zero attached hydrogens (tertiary/aromatic N) is 4. The number of carbonyl (C=O) groups excluding carboxylic acids is 1. The molecule has 1 aliphatic carbocycles. The number of amides is 1. The summed E-state index contributed by atoms with van der Waals surface area (Å²) in [5.41, 5.74) is 5.41. The summed E-state index contributed by atoms with van der Waals surface area (Å²) >= 11 is 7.67. The number of aliphatic imine (C=N–C) groups is 1. The number of benzene rings is 1. The Balaban J connectivity index is 2.07. The molecule has 3 aromatic rings. The van der Waals surface area contributed by atoms with Crippen molar-refractivity contribution in [1.29, 1.82) is 0 Å². The fraction of sp³-hybridized carbons (Fsp3) is 0.400. The van der Waals surface area contributed by atoms with Gasteiger partial charge in [-0.3, -0.25) is 4.79 Å². The Kier molecular flexibility index (Phi) is 6.82. The first-order chi connectivity index (χ1) is 15.4. The Labute approximate surface area is 198 Å². The lowest BCUT2D eigenvalue weighted by atomic mass is 9.87. The van der Waals surface area contributed by atoms with Crippen molar-refractivity contribution in [3.05, 3.63) is 45.4 Å². The summed E-state index contributed by atoms with van der Waals surface area (Å²) in [6.07, 6.45) is 6.02. The molecular weight excluding hydrogens is 440 g/mol. The van der Waals surface area contributed by atoms with Gasteiger partial charge in [0.15, 0.2) is 0 Å². The number of rotatable bonds is 6. The number of halogens is 1. The quantitative estimate of drug-likeness (QED) is 0.319. The minimum absolute atomic E-state index is 0.0175. The van der Waals surface area contributed by atoms with Crippen LogP contribution in [0, 0.1) is 0 Å². The number of hydrogen-bond acceptors (Lipinski definition) is 4. The first kappa shape index (κ1) is 22.7. The van der Waals surface area contributed by atoms with Gasteiger partial charge in [0.2, 0.25) is 0 Å². The molecule has 0 fully saturated rings. The molecule has 1 amide bonds. The summed E-state index contributed by atoms with van der Waals surface area (Å²) in [4.78, 5) is 28.6. The average Bonchev–Trinajstić information content (AvgIpc) is 3.15. The van der Waals surface area contributed by atoms with Crippen molar-refractivity contribution < 1.29 is 4.79 Å². The Morgan fingerprint density at radius 1 is 1.16 bits per heavy atom. The molecule has 0 saturated carbocycles. The van der Waals surface area contributed by atoms with Gasteiger partial charge in [-0.25, -0.2) is 9.98 Å². The molecule has 0 radical (unpaired) electrons. The molecule has 0 atom stereocenters. The van der Waals surface area contributed by atoms with Gasteiger partial charge in [-0.2, -0.15) is 0 Å². The number of fused-ring (bicyclic) bond motifs is 2. The van der Waals surface area contributed by atoms with E-state index >= 15 is 0 Å². The molecule has 0 aliphatic heterocycles. The Hall–Kier alpha value is -2.44. The number of carbonyl (C=O) groups is 1. The van der Waals surface area contributed by atoms with Crippen LogP contribution in [0.1, 0.15) is 47.6 Å². The highest BCUT2D eigenvalue weighted by molar-refractivity contribution is 7.21. The number of pyridine rings is 1. The minimum Gasteiger partial charge on any atom is -0.369 e. The number of thiophene rings is 1. The lowest BCUT2D eigenvalue weighted by molar-refractivity contribution is 0.0778. The molecule has 7 heteroatoms. The molecule has 0 bridgehead atoms. The minimum atomic E-state index is 0.0175. The van der Waals surface area contributed by atoms with Gasteiger partial charge in [0.25, 0.3) is 5.91 Å². The highest BCUT2D eigenvalue weighted by Gasteiger charge is 2.28. The van der Waals surface area contributed by atoms with E-state index in [2.05, 4.69) is 12.1 Å². The molecule has 2 aromatic heterocycles. The van der Waals surface area contributed by atoms with E-state index < -0.39 is 0 Å². The second-order valence-electron chi connectivity index (χ2n) is 8.27. The molecule has 0 unspecified atom stereocenters. The lowest BCUT2D eigenvalue weighted by Gasteiger charge is -2.20. The highest BCUT2D eigenvalue weighted by atomic mass is 35.5. The monoisotopic (exact) mass is 468 g/mol. The van der Waals surface area contributed by atoms with Crippen LogP contribution in [-0.4, -0.2) is 54.2 Å². The van der Waals surface area contributed by atoms with E-state index in [9.17, 15) is 4.79 Å². The summed E-state index contributed by atoms with van der Waals surface area (Å²) in [6, 6.07) is 7.98. The summed E-state index contributed by atoms with van der Waals surface area (Å²) in [5.74, 6) is 0.0175. The Bertz CT molecular complexity index is 1160. The smallest absolute Gasteiger partial charge is 0.266 e. The topological polar surface area (TPSA) is 48.8 Å². The van der Waals surface area contributed by atoms with Gasteiger partial charge < -0.3 is 9.80 Å². The highest BCUT2D eigenvalue weighted by Crippen LogP contribution is 2.46. The molecule has 0 N–H and O–H groups in total. The van der Waals surface area contributed by atoms with Crippen LogP contribution in [0.5, 0.6) is 0 Å². The molecule has 4 rings (SSSR count). The maximum atomic E-state index is 13.5. The van der Waals surface area contributed by atoms with E-state index in [1.165, 1.54) is 16.9 Å². The van der Waals surface area contributed by atoms with Crippen LogP contribution in [0.15, 0.2) is 29.3 Å². The van der Waals surface area contributed by atoms with Crippen LogP contribution >= 0.6 is 22.9 Å². The van der Waals surface area contributed by atoms with Crippen LogP contribution in [0.2, 0.25) is 5.02 Å². The van der Waals surface area contributed by atoms with Crippen LogP contribution < -0.4 is 0 Å². The molecule has 1 aromatic carbocycles. The zero-order chi connectivity index (χ0) is 22.8. The fourth-order valence-corrected chi connectivity index (χ4v) is 5.55. The Morgan fingerprint density at radius 2 is 1.84 bits per heavy atom. The van der Waals surface area contributed by atoms with Crippen molar-refractivity contribution in [3.8, 4) is 11.1 Å². The van der Waals surface area contributed by atoms with Crippen LogP contribution in [0.4, 0.5) is 5.69 Å². The van der Waals surface area contributed by atoms with Crippen molar-refractivity contribution in [2.24, 2.45) is 4.99 Å². The summed E-state index contributed by atoms with van der Waals surface area (Å²) < 4.78 is 0. The molecule has 0 saturated heterocycles. The molecule has 5 nitrogen and oxygen atoms in total. The van der Waals surface area contributed by atoms with Crippen LogP contribution in [0.25, 0.3) is 21.3 Å². The first-order valence-electron chi connectivity index (χ1n) is 11.2. The lowest BCUT2D eigenvalue weighted by Crippen LogP contribution is -2.29. The zero-order valence-electron chi connectivity index (χ0n) is 19.1. The molecule has 168 valence electrons. The van der Waals surface area contributed by atoms with Gasteiger partial charge >= 0.3 is 0 Å². The van der Waals surface area contributed by atoms with E-state index in [0.717, 1.165) is 58.4 Å². The van der Waals surface area contributed by atoms with E-state index in [4.69, 9.17) is 21.6 Å². The van der Waals surface area contributed by atoms with Gasteiger partial charge in [-0.1, -0.05) is 23.7 Å². The SMILES string of the molecule is CCN(CC)C(=O)c1sc2nc3c(c(-c4ccc(Cl)cc4)c2c1N=CN(C)C)CCCC3. The summed E-state index contributed by atoms with van der Waals surface area (Å²) in [6.45, 7) is 5.34. The first-order valence-corrected chi connectivity index (χ1v) is 12.4. The third-order valence-corrected chi connectivity index (χ3v) is 7.20. The largest absolute Gasteiger partial charge is 0.369 e. The van der Waals surface area contributed by atoms with Crippen molar-refractivity contribution in [1.82, 2.24) is 14.8 Å². The van der Waals surface area contributed by atoms with Gasteiger partial charge in [-0.05, 0) is 68.4 Å². The standard InChI is InChI=1S/C25H29ClN4OS/c1-5-30(6-2)25(31)23-22(27-15-29(3)4)21-20(16-11-13-17(26)14-12-16)18-9-7-8-10-19(18)28-24(21)32-23/h11-15H,5-10H2,1-4H3. The molecular formula is C25H29ClN4OS. The maximum absolute atomic E-state index is 13.5. The number of aryl methyl sites for hydroxylation is 1. The van der Waals surface area contributed by atoms with E-state index in [-0.39, 0.29) is 5.91 Å². The fourth-order valence-electron chi connectivity index (χ4n) is 4.30. The van der Waals surface area contributed by atoms with Gasteiger partial charge in [0.1, 0.15) is 9.71 Å². The predicted molar refractivity (Wildman–Crippen MR) is 136 cm³/mol. The number of aromatic nitrogens is 1. The second kappa shape index (κ2) is 9.59. The molecule has 2 heterocycles. The normalized spacial score (nSPS) is 13.5. The van der Waals surface area contributed by atoms with Crippen LogP contribution in [0.3, 0.4) is 0 Å². The van der Waals surface area contributed by atoms with Gasteiger partial charge in [0, 0.05) is 43.3 Å². The number of hydrogen-bond donors (Lipinski definition) is 0. The molecule has 32 heavy (non-hydrogen) atoms. The average molecular weight is 469 g/mol.